The van der Waals surface area contributed by atoms with Crippen LogP contribution in [0.25, 0.3) is 11.1 Å². The van der Waals surface area contributed by atoms with E-state index in [1.54, 1.807) is 17.1 Å². The van der Waals surface area contributed by atoms with Gasteiger partial charge in [-0.15, -0.1) is 0 Å². The second-order valence-electron chi connectivity index (χ2n) is 8.72. The van der Waals surface area contributed by atoms with Crippen LogP contribution in [0.4, 0.5) is 15.2 Å². The monoisotopic (exact) mass is 458 g/mol. The molecule has 3 aliphatic rings. The average Bonchev–Trinajstić information content (AvgIpc) is 3.41. The molecule has 1 aromatic heterocycles. The van der Waals surface area contributed by atoms with Gasteiger partial charge >= 0.3 is 6.09 Å². The Bertz CT molecular complexity index is 1040. The molecular formula is C23H29FN5O4+. The van der Waals surface area contributed by atoms with E-state index in [4.69, 9.17) is 9.15 Å². The highest BCUT2D eigenvalue weighted by molar-refractivity contribution is 5.74. The Labute approximate surface area is 191 Å². The lowest BCUT2D eigenvalue weighted by Crippen LogP contribution is -2.91. The number of nitrogens with zero attached hydrogens (tertiary/aromatic N) is 4. The van der Waals surface area contributed by atoms with E-state index in [0.717, 1.165) is 11.1 Å². The van der Waals surface area contributed by atoms with Crippen molar-refractivity contribution in [3.8, 4) is 0 Å². The normalized spacial score (nSPS) is 24.7. The van der Waals surface area contributed by atoms with E-state index < -0.39 is 12.3 Å². The standard InChI is InChI=1S/C23H28FN5O4/c1-15(30)25-13-17-14-29(23(31)32-17)16-6-7-20(18(24)12-16)27-8-10-28(11-9-27)22-26-19-4-2-3-5-21(19)33-22/h2-5,7,12,15-17,25,30H,6,8-11,13-14H2,1H3/p+1. The first-order chi connectivity index (χ1) is 16.0. The third kappa shape index (κ3) is 4.53. The summed E-state index contributed by atoms with van der Waals surface area (Å²) < 4.78 is 26.3. The number of oxazole rings is 1. The number of aliphatic hydroxyl groups is 1. The van der Waals surface area contributed by atoms with Crippen LogP contribution in [0.5, 0.6) is 0 Å². The van der Waals surface area contributed by atoms with E-state index >= 15 is 4.39 Å². The van der Waals surface area contributed by atoms with Crippen LogP contribution in [0.3, 0.4) is 0 Å². The third-order valence-corrected chi connectivity index (χ3v) is 6.35. The summed E-state index contributed by atoms with van der Waals surface area (Å²) in [5, 5.41) is 11.1. The quantitative estimate of drug-likeness (QED) is 0.628. The number of anilines is 1. The number of rotatable bonds is 6. The van der Waals surface area contributed by atoms with Crippen molar-refractivity contribution >= 4 is 23.2 Å². The first-order valence-corrected chi connectivity index (χ1v) is 11.4. The molecule has 3 atom stereocenters. The average molecular weight is 459 g/mol. The van der Waals surface area contributed by atoms with Crippen LogP contribution in [0.2, 0.25) is 0 Å². The number of cyclic esters (lactones) is 1. The van der Waals surface area contributed by atoms with Gasteiger partial charge in [-0.2, -0.15) is 4.98 Å². The molecule has 1 aromatic carbocycles. The second-order valence-corrected chi connectivity index (χ2v) is 8.72. The molecule has 176 valence electrons. The predicted octanol–water partition coefficient (Wildman–Crippen LogP) is 1.18. The Morgan fingerprint density at radius 1 is 1.24 bits per heavy atom. The molecule has 5 rings (SSSR count). The van der Waals surface area contributed by atoms with Crippen LogP contribution in [-0.4, -0.2) is 83.6 Å². The van der Waals surface area contributed by atoms with Gasteiger partial charge in [0.1, 0.15) is 17.9 Å². The SMILES string of the molecule is CC(O)[NH2+]CC1CN(C2C=C(F)C(N3CCN(c4nc5ccccc5o4)CC3)=CC2)C(=O)O1. The highest BCUT2D eigenvalue weighted by Crippen LogP contribution is 2.30. The van der Waals surface area contributed by atoms with Crippen molar-refractivity contribution in [1.82, 2.24) is 14.8 Å². The molecule has 1 aliphatic carbocycles. The van der Waals surface area contributed by atoms with E-state index in [9.17, 15) is 9.90 Å². The number of benzene rings is 1. The van der Waals surface area contributed by atoms with E-state index in [1.165, 1.54) is 6.08 Å². The summed E-state index contributed by atoms with van der Waals surface area (Å²) in [7, 11) is 0. The molecule has 9 nitrogen and oxygen atoms in total. The topological polar surface area (TPSA) is 98.9 Å². The van der Waals surface area contributed by atoms with Gasteiger partial charge in [0.15, 0.2) is 17.9 Å². The van der Waals surface area contributed by atoms with Crippen molar-refractivity contribution in [3.05, 3.63) is 47.9 Å². The van der Waals surface area contributed by atoms with Crippen LogP contribution in [0, 0.1) is 0 Å². The molecule has 0 saturated carbocycles. The Balaban J connectivity index is 1.17. The smallest absolute Gasteiger partial charge is 0.410 e. The van der Waals surface area contributed by atoms with Crippen molar-refractivity contribution in [2.24, 2.45) is 0 Å². The molecule has 1 amide bonds. The summed E-state index contributed by atoms with van der Waals surface area (Å²) in [5.74, 6) is -0.312. The molecular weight excluding hydrogens is 429 g/mol. The number of aliphatic hydroxyl groups excluding tert-OH is 1. The number of carbonyl (C=O) groups excluding carboxylic acids is 1. The molecule has 0 spiro atoms. The Hall–Kier alpha value is -3.11. The molecule has 2 fully saturated rings. The number of amides is 1. The number of halogens is 1. The van der Waals surface area contributed by atoms with Crippen molar-refractivity contribution in [2.45, 2.75) is 31.7 Å². The number of carbonyl (C=O) groups is 1. The van der Waals surface area contributed by atoms with E-state index in [-0.39, 0.29) is 18.0 Å². The summed E-state index contributed by atoms with van der Waals surface area (Å²) in [4.78, 5) is 22.5. The zero-order chi connectivity index (χ0) is 22.9. The van der Waals surface area contributed by atoms with Gasteiger partial charge in [-0.05, 0) is 24.6 Å². The number of quaternary nitrogens is 1. The lowest BCUT2D eigenvalue weighted by molar-refractivity contribution is -0.724. The van der Waals surface area contributed by atoms with Crippen molar-refractivity contribution in [1.29, 1.82) is 0 Å². The van der Waals surface area contributed by atoms with Gasteiger partial charge < -0.3 is 29.4 Å². The van der Waals surface area contributed by atoms with Crippen LogP contribution < -0.4 is 10.2 Å². The third-order valence-electron chi connectivity index (χ3n) is 6.35. The first kappa shape index (κ1) is 21.7. The minimum Gasteiger partial charge on any atom is -0.438 e. The fourth-order valence-electron chi connectivity index (χ4n) is 4.57. The molecule has 3 unspecified atom stereocenters. The van der Waals surface area contributed by atoms with E-state index in [0.29, 0.717) is 57.4 Å². The van der Waals surface area contributed by atoms with Crippen LogP contribution in [-0.2, 0) is 4.74 Å². The van der Waals surface area contributed by atoms with Gasteiger partial charge in [-0.3, -0.25) is 4.90 Å². The molecule has 3 N–H and O–H groups in total. The molecule has 0 bridgehead atoms. The summed E-state index contributed by atoms with van der Waals surface area (Å²) in [6.07, 6.45) is 2.63. The number of nitrogens with two attached hydrogens (primary N) is 1. The molecule has 33 heavy (non-hydrogen) atoms. The summed E-state index contributed by atoms with van der Waals surface area (Å²) in [6, 6.07) is 7.91. The van der Waals surface area contributed by atoms with Crippen LogP contribution in [0.15, 0.2) is 52.4 Å². The minimum atomic E-state index is -0.557. The molecule has 0 radical (unpaired) electrons. The number of hydrogen-bond donors (Lipinski definition) is 2. The summed E-state index contributed by atoms with van der Waals surface area (Å²) in [6.45, 7) is 5.20. The van der Waals surface area contributed by atoms with Crippen LogP contribution in [0.1, 0.15) is 13.3 Å². The van der Waals surface area contributed by atoms with Crippen molar-refractivity contribution in [3.63, 3.8) is 0 Å². The number of fused-ring (bicyclic) bond motifs is 1. The fraction of sp³-hybridized carbons (Fsp3) is 0.478. The van der Waals surface area contributed by atoms with Crippen molar-refractivity contribution in [2.75, 3.05) is 44.2 Å². The van der Waals surface area contributed by atoms with Gasteiger partial charge in [0.05, 0.1) is 18.3 Å². The second kappa shape index (κ2) is 9.03. The number of para-hydroxylation sites is 2. The maximum Gasteiger partial charge on any atom is 0.410 e. The highest BCUT2D eigenvalue weighted by atomic mass is 19.1. The van der Waals surface area contributed by atoms with E-state index in [1.807, 2.05) is 35.2 Å². The molecule has 2 saturated heterocycles. The molecule has 3 heterocycles. The number of aromatic nitrogens is 1. The largest absolute Gasteiger partial charge is 0.438 e. The maximum absolute atomic E-state index is 15.1. The minimum absolute atomic E-state index is 0.311. The number of piperazine rings is 1. The first-order valence-electron chi connectivity index (χ1n) is 11.4. The summed E-state index contributed by atoms with van der Waals surface area (Å²) in [5.41, 5.74) is 2.17. The maximum atomic E-state index is 15.1. The van der Waals surface area contributed by atoms with Gasteiger partial charge in [0.25, 0.3) is 6.01 Å². The molecule has 10 heteroatoms. The zero-order valence-electron chi connectivity index (χ0n) is 18.6. The van der Waals surface area contributed by atoms with Crippen molar-refractivity contribution < 1.29 is 28.8 Å². The Morgan fingerprint density at radius 2 is 2.00 bits per heavy atom. The Morgan fingerprint density at radius 3 is 2.73 bits per heavy atom. The summed E-state index contributed by atoms with van der Waals surface area (Å²) >= 11 is 0. The zero-order valence-corrected chi connectivity index (χ0v) is 18.6. The highest BCUT2D eigenvalue weighted by Gasteiger charge is 2.38. The van der Waals surface area contributed by atoms with Crippen LogP contribution >= 0.6 is 0 Å². The van der Waals surface area contributed by atoms with Gasteiger partial charge in [0, 0.05) is 33.1 Å². The van der Waals surface area contributed by atoms with Gasteiger partial charge in [-0.1, -0.05) is 18.2 Å². The lowest BCUT2D eigenvalue weighted by atomic mass is 10.0. The molecule has 2 aromatic rings. The predicted molar refractivity (Wildman–Crippen MR) is 119 cm³/mol. The fourth-order valence-corrected chi connectivity index (χ4v) is 4.57. The van der Waals surface area contributed by atoms with Gasteiger partial charge in [0.2, 0.25) is 0 Å². The Kier molecular flexibility index (Phi) is 5.94. The van der Waals surface area contributed by atoms with E-state index in [2.05, 4.69) is 9.88 Å². The van der Waals surface area contributed by atoms with Gasteiger partial charge in [-0.25, -0.2) is 9.18 Å². The number of allylic oxidation sites excluding steroid dienone is 1. The molecule has 2 aliphatic heterocycles. The lowest BCUT2D eigenvalue weighted by Gasteiger charge is -2.37. The number of ether oxygens (including phenoxy) is 1. The number of hydrogen-bond acceptors (Lipinski definition) is 7.